The Balaban J connectivity index is 2.01. The smallest absolute Gasteiger partial charge is 0.00104 e. The van der Waals surface area contributed by atoms with Gasteiger partial charge in [0.25, 0.3) is 0 Å². The molecule has 0 aromatic heterocycles. The lowest BCUT2D eigenvalue weighted by atomic mass is 9.68. The predicted octanol–water partition coefficient (Wildman–Crippen LogP) is 4.92. The summed E-state index contributed by atoms with van der Waals surface area (Å²) in [4.78, 5) is 0. The first-order valence-corrected chi connectivity index (χ1v) is 8.83. The van der Waals surface area contributed by atoms with Crippen LogP contribution in [0.1, 0.15) is 52.5 Å². The van der Waals surface area contributed by atoms with Crippen LogP contribution in [0.2, 0.25) is 0 Å². The Morgan fingerprint density at radius 2 is 1.71 bits per heavy atom. The second-order valence-electron chi connectivity index (χ2n) is 7.59. The second kappa shape index (κ2) is 7.98. The van der Waals surface area contributed by atoms with Gasteiger partial charge in [-0.3, -0.25) is 0 Å². The van der Waals surface area contributed by atoms with Crippen LogP contribution < -0.4 is 5.32 Å². The summed E-state index contributed by atoms with van der Waals surface area (Å²) in [7, 11) is 0. The number of benzene rings is 1. The second-order valence-corrected chi connectivity index (χ2v) is 7.59. The van der Waals surface area contributed by atoms with E-state index in [0.29, 0.717) is 6.04 Å². The summed E-state index contributed by atoms with van der Waals surface area (Å²) in [6, 6.07) is 11.7. The van der Waals surface area contributed by atoms with Crippen molar-refractivity contribution < 1.29 is 0 Å². The normalized spacial score (nSPS) is 26.5. The van der Waals surface area contributed by atoms with Crippen molar-refractivity contribution in [2.45, 2.75) is 59.4 Å². The average molecular weight is 287 g/mol. The molecule has 1 N–H and O–H groups in total. The van der Waals surface area contributed by atoms with Gasteiger partial charge in [0.1, 0.15) is 0 Å². The minimum atomic E-state index is 0.602. The first-order valence-electron chi connectivity index (χ1n) is 8.83. The van der Waals surface area contributed by atoms with Crippen LogP contribution >= 0.6 is 0 Å². The highest BCUT2D eigenvalue weighted by Crippen LogP contribution is 2.39. The zero-order valence-corrected chi connectivity index (χ0v) is 14.3. The van der Waals surface area contributed by atoms with Crippen molar-refractivity contribution in [2.75, 3.05) is 6.54 Å². The summed E-state index contributed by atoms with van der Waals surface area (Å²) in [6.45, 7) is 10.5. The largest absolute Gasteiger partial charge is 0.314 e. The monoisotopic (exact) mass is 287 g/mol. The fraction of sp³-hybridized carbons (Fsp3) is 0.700. The van der Waals surface area contributed by atoms with E-state index in [9.17, 15) is 0 Å². The van der Waals surface area contributed by atoms with Crippen LogP contribution in [0.5, 0.6) is 0 Å². The lowest BCUT2D eigenvalue weighted by Crippen LogP contribution is -2.37. The number of rotatable bonds is 6. The van der Waals surface area contributed by atoms with Crippen LogP contribution in [0.25, 0.3) is 0 Å². The summed E-state index contributed by atoms with van der Waals surface area (Å²) in [5, 5.41) is 3.68. The Hall–Kier alpha value is -0.820. The van der Waals surface area contributed by atoms with Crippen LogP contribution in [0, 0.1) is 23.7 Å². The molecule has 1 aromatic rings. The van der Waals surface area contributed by atoms with Crippen LogP contribution in [-0.2, 0) is 6.42 Å². The third kappa shape index (κ3) is 5.14. The topological polar surface area (TPSA) is 12.0 Å². The van der Waals surface area contributed by atoms with Gasteiger partial charge in [0.05, 0.1) is 0 Å². The minimum Gasteiger partial charge on any atom is -0.314 e. The Kier molecular flexibility index (Phi) is 6.29. The van der Waals surface area contributed by atoms with E-state index in [1.807, 2.05) is 0 Å². The fourth-order valence-corrected chi connectivity index (χ4v) is 3.79. The van der Waals surface area contributed by atoms with Crippen LogP contribution in [0.15, 0.2) is 30.3 Å². The summed E-state index contributed by atoms with van der Waals surface area (Å²) in [5.41, 5.74) is 1.52. The van der Waals surface area contributed by atoms with Gasteiger partial charge in [-0.25, -0.2) is 0 Å². The van der Waals surface area contributed by atoms with Gasteiger partial charge >= 0.3 is 0 Å². The molecule has 1 heteroatoms. The van der Waals surface area contributed by atoms with Crippen molar-refractivity contribution >= 4 is 0 Å². The standard InChI is InChI=1S/C20H33N/c1-15(2)18-10-11-19(14-21-16(3)4)20(13-18)12-17-8-6-5-7-9-17/h5-9,15-16,18-21H,10-14H2,1-4H3. The molecular weight excluding hydrogens is 254 g/mol. The molecule has 1 saturated carbocycles. The van der Waals surface area contributed by atoms with Gasteiger partial charge in [-0.15, -0.1) is 0 Å². The molecule has 21 heavy (non-hydrogen) atoms. The Labute approximate surface area is 131 Å². The van der Waals surface area contributed by atoms with Crippen molar-refractivity contribution in [3.8, 4) is 0 Å². The maximum absolute atomic E-state index is 3.68. The van der Waals surface area contributed by atoms with Crippen molar-refractivity contribution in [3.63, 3.8) is 0 Å². The van der Waals surface area contributed by atoms with Gasteiger partial charge in [0.2, 0.25) is 0 Å². The van der Waals surface area contributed by atoms with E-state index in [0.717, 1.165) is 23.7 Å². The molecule has 0 saturated heterocycles. The fourth-order valence-electron chi connectivity index (χ4n) is 3.79. The van der Waals surface area contributed by atoms with E-state index >= 15 is 0 Å². The SMILES string of the molecule is CC(C)NCC1CCC(C(C)C)CC1Cc1ccccc1. The summed E-state index contributed by atoms with van der Waals surface area (Å²) >= 11 is 0. The van der Waals surface area contributed by atoms with Crippen LogP contribution in [0.3, 0.4) is 0 Å². The summed E-state index contributed by atoms with van der Waals surface area (Å²) < 4.78 is 0. The van der Waals surface area contributed by atoms with Crippen molar-refractivity contribution in [3.05, 3.63) is 35.9 Å². The van der Waals surface area contributed by atoms with Gasteiger partial charge < -0.3 is 5.32 Å². The van der Waals surface area contributed by atoms with E-state index in [1.165, 1.54) is 37.8 Å². The molecule has 3 unspecified atom stereocenters. The van der Waals surface area contributed by atoms with Crippen LogP contribution in [0.4, 0.5) is 0 Å². The highest BCUT2D eigenvalue weighted by atomic mass is 14.9. The lowest BCUT2D eigenvalue weighted by molar-refractivity contribution is 0.143. The lowest BCUT2D eigenvalue weighted by Gasteiger charge is -2.38. The predicted molar refractivity (Wildman–Crippen MR) is 92.4 cm³/mol. The van der Waals surface area contributed by atoms with Crippen molar-refractivity contribution in [1.82, 2.24) is 5.32 Å². The molecule has 1 nitrogen and oxygen atoms in total. The molecule has 0 heterocycles. The van der Waals surface area contributed by atoms with Gasteiger partial charge in [-0.2, -0.15) is 0 Å². The summed E-state index contributed by atoms with van der Waals surface area (Å²) in [5.74, 6) is 3.46. The average Bonchev–Trinajstić information content (AvgIpc) is 2.46. The first kappa shape index (κ1) is 16.5. The molecule has 1 aliphatic rings. The molecule has 1 aliphatic carbocycles. The zero-order chi connectivity index (χ0) is 15.2. The van der Waals surface area contributed by atoms with E-state index in [2.05, 4.69) is 63.3 Å². The molecule has 0 bridgehead atoms. The molecule has 0 spiro atoms. The molecule has 2 rings (SSSR count). The Morgan fingerprint density at radius 3 is 2.33 bits per heavy atom. The molecule has 1 fully saturated rings. The van der Waals surface area contributed by atoms with E-state index in [1.54, 1.807) is 0 Å². The maximum Gasteiger partial charge on any atom is 0.00104 e. The molecule has 0 amide bonds. The molecular formula is C20H33N. The molecule has 118 valence electrons. The van der Waals surface area contributed by atoms with Crippen molar-refractivity contribution in [1.29, 1.82) is 0 Å². The van der Waals surface area contributed by atoms with E-state index in [4.69, 9.17) is 0 Å². The quantitative estimate of drug-likeness (QED) is 0.783. The summed E-state index contributed by atoms with van der Waals surface area (Å²) in [6.07, 6.45) is 5.50. The van der Waals surface area contributed by atoms with Crippen molar-refractivity contribution in [2.24, 2.45) is 23.7 Å². The Bertz CT molecular complexity index is 396. The van der Waals surface area contributed by atoms with Crippen LogP contribution in [-0.4, -0.2) is 12.6 Å². The molecule has 1 aromatic carbocycles. The highest BCUT2D eigenvalue weighted by Gasteiger charge is 2.31. The Morgan fingerprint density at radius 1 is 1.00 bits per heavy atom. The van der Waals surface area contributed by atoms with Gasteiger partial charge in [-0.05, 0) is 61.5 Å². The van der Waals surface area contributed by atoms with Gasteiger partial charge in [0, 0.05) is 6.04 Å². The zero-order valence-electron chi connectivity index (χ0n) is 14.3. The highest BCUT2D eigenvalue weighted by molar-refractivity contribution is 5.15. The van der Waals surface area contributed by atoms with Gasteiger partial charge in [-0.1, -0.05) is 58.0 Å². The number of hydrogen-bond donors (Lipinski definition) is 1. The third-order valence-electron chi connectivity index (χ3n) is 5.25. The number of hydrogen-bond acceptors (Lipinski definition) is 1. The molecule has 0 aliphatic heterocycles. The molecule has 0 radical (unpaired) electrons. The number of nitrogens with one attached hydrogen (secondary N) is 1. The minimum absolute atomic E-state index is 0.602. The maximum atomic E-state index is 3.68. The molecule has 3 atom stereocenters. The van der Waals surface area contributed by atoms with Gasteiger partial charge in [0.15, 0.2) is 0 Å². The van der Waals surface area contributed by atoms with E-state index < -0.39 is 0 Å². The third-order valence-corrected chi connectivity index (χ3v) is 5.25. The first-order chi connectivity index (χ1) is 10.1. The van der Waals surface area contributed by atoms with E-state index in [-0.39, 0.29) is 0 Å².